The lowest BCUT2D eigenvalue weighted by Gasteiger charge is -2.26. The Bertz CT molecular complexity index is 1230. The fourth-order valence-corrected chi connectivity index (χ4v) is 5.26. The smallest absolute Gasteiger partial charge is 0.341 e. The molecule has 0 unspecified atom stereocenters. The van der Waals surface area contributed by atoms with Gasteiger partial charge in [0.25, 0.3) is 5.56 Å². The number of morpholine rings is 1. The van der Waals surface area contributed by atoms with Crippen molar-refractivity contribution in [1.29, 1.82) is 0 Å². The number of halogens is 2. The molecular weight excluding hydrogens is 499 g/mol. The fourth-order valence-electron chi connectivity index (χ4n) is 3.79. The summed E-state index contributed by atoms with van der Waals surface area (Å²) in [5.74, 6) is 0.224. The minimum atomic E-state index is -0.623. The summed E-state index contributed by atoms with van der Waals surface area (Å²) in [6, 6.07) is 8.34. The van der Waals surface area contributed by atoms with E-state index in [0.29, 0.717) is 17.0 Å². The van der Waals surface area contributed by atoms with Gasteiger partial charge >= 0.3 is 5.97 Å². The highest BCUT2D eigenvalue weighted by Crippen LogP contribution is 2.31. The van der Waals surface area contributed by atoms with Gasteiger partial charge in [0.2, 0.25) is 0 Å². The van der Waals surface area contributed by atoms with Crippen LogP contribution in [-0.2, 0) is 16.2 Å². The van der Waals surface area contributed by atoms with Crippen LogP contribution in [0.2, 0.25) is 10.0 Å². The summed E-state index contributed by atoms with van der Waals surface area (Å²) in [6.45, 7) is 8.55. The molecule has 0 radical (unpaired) electrons. The Labute approximate surface area is 211 Å². The topological polar surface area (TPSA) is 70.0 Å². The van der Waals surface area contributed by atoms with Crippen molar-refractivity contribution in [1.82, 2.24) is 8.86 Å². The van der Waals surface area contributed by atoms with Crippen LogP contribution >= 0.6 is 34.7 Å². The number of benzene rings is 2. The Balaban J connectivity index is 1.50. The lowest BCUT2D eigenvalue weighted by atomic mass is 9.99. The maximum Gasteiger partial charge on any atom is 0.341 e. The summed E-state index contributed by atoms with van der Waals surface area (Å²) in [5.41, 5.74) is 0.906. The summed E-state index contributed by atoms with van der Waals surface area (Å²) in [7, 11) is 0. The van der Waals surface area contributed by atoms with E-state index in [1.54, 1.807) is 6.07 Å². The Kier molecular flexibility index (Phi) is 8.16. The molecule has 3 aromatic rings. The third-order valence-electron chi connectivity index (χ3n) is 5.62. The van der Waals surface area contributed by atoms with Crippen LogP contribution in [0.15, 0.2) is 35.1 Å². The van der Waals surface area contributed by atoms with Crippen LogP contribution in [0, 0.1) is 0 Å². The second-order valence-corrected chi connectivity index (χ2v) is 10.2. The van der Waals surface area contributed by atoms with Crippen LogP contribution in [-0.4, -0.2) is 54.3 Å². The monoisotopic (exact) mass is 524 g/mol. The molecule has 0 bridgehead atoms. The van der Waals surface area contributed by atoms with Gasteiger partial charge in [-0.1, -0.05) is 48.6 Å². The molecule has 0 spiro atoms. The normalized spacial score (nSPS) is 14.6. The van der Waals surface area contributed by atoms with Crippen LogP contribution < -0.4 is 10.3 Å². The van der Waals surface area contributed by atoms with Crippen LogP contribution in [0.3, 0.4) is 0 Å². The molecule has 7 nitrogen and oxygen atoms in total. The number of carbonyl (C=O) groups excluding carboxylic acids is 1. The van der Waals surface area contributed by atoms with Crippen molar-refractivity contribution in [3.63, 3.8) is 0 Å². The summed E-state index contributed by atoms with van der Waals surface area (Å²) in [4.78, 5) is 27.9. The highest BCUT2D eigenvalue weighted by Gasteiger charge is 2.19. The van der Waals surface area contributed by atoms with Gasteiger partial charge in [0.15, 0.2) is 6.73 Å². The Morgan fingerprint density at radius 1 is 1.18 bits per heavy atom. The number of ether oxygens (including phenoxy) is 3. The zero-order valence-electron chi connectivity index (χ0n) is 19.0. The molecular formula is C24H26Cl2N2O5S. The Hall–Kier alpha value is -2.10. The van der Waals surface area contributed by atoms with Crippen LogP contribution in [0.5, 0.6) is 5.75 Å². The molecule has 4 rings (SSSR count). The summed E-state index contributed by atoms with van der Waals surface area (Å²) < 4.78 is 19.0. The van der Waals surface area contributed by atoms with Gasteiger partial charge < -0.3 is 14.2 Å². The summed E-state index contributed by atoms with van der Waals surface area (Å²) in [6.07, 6.45) is 0. The maximum atomic E-state index is 13.1. The summed E-state index contributed by atoms with van der Waals surface area (Å²) >= 11 is 13.2. The number of hydrogen-bond acceptors (Lipinski definition) is 7. The number of hydrogen-bond donors (Lipinski definition) is 0. The molecule has 10 heteroatoms. The molecule has 1 aromatic heterocycles. The first-order chi connectivity index (χ1) is 16.3. The van der Waals surface area contributed by atoms with E-state index < -0.39 is 5.97 Å². The van der Waals surface area contributed by atoms with E-state index in [4.69, 9.17) is 37.4 Å². The fraction of sp³-hybridized carbons (Fsp3) is 0.417. The SMILES string of the molecule is CC(C)c1cc(OCCN2CCOCC2)cc2sn(COC(=O)c3ccc(Cl)cc3Cl)c(=O)c12. The first kappa shape index (κ1) is 25.0. The van der Waals surface area contributed by atoms with Gasteiger partial charge in [0, 0.05) is 24.7 Å². The minimum absolute atomic E-state index is 0.122. The molecule has 182 valence electrons. The second kappa shape index (κ2) is 11.1. The van der Waals surface area contributed by atoms with Crippen molar-refractivity contribution in [3.05, 3.63) is 61.9 Å². The van der Waals surface area contributed by atoms with Gasteiger partial charge in [-0.05, 0) is 41.8 Å². The molecule has 1 aliphatic heterocycles. The molecule has 34 heavy (non-hydrogen) atoms. The quantitative estimate of drug-likeness (QED) is 0.385. The first-order valence-electron chi connectivity index (χ1n) is 11.1. The first-order valence-corrected chi connectivity index (χ1v) is 12.6. The number of fused-ring (bicyclic) bond motifs is 1. The van der Waals surface area contributed by atoms with Crippen molar-refractivity contribution in [3.8, 4) is 5.75 Å². The molecule has 2 heterocycles. The molecule has 0 aliphatic carbocycles. The number of nitrogens with zero attached hydrogens (tertiary/aromatic N) is 2. The predicted octanol–water partition coefficient (Wildman–Crippen LogP) is 5.02. The lowest BCUT2D eigenvalue weighted by molar-refractivity contribution is 0.0322. The predicted molar refractivity (Wildman–Crippen MR) is 135 cm³/mol. The standard InChI is InChI=1S/C24H26Cl2N2O5S/c1-15(2)19-12-17(32-10-7-27-5-8-31-9-6-27)13-21-22(19)23(29)28(34-21)14-33-24(30)18-4-3-16(25)11-20(18)26/h3-4,11-13,15H,5-10,14H2,1-2H3. The maximum absolute atomic E-state index is 13.1. The van der Waals surface area contributed by atoms with E-state index in [2.05, 4.69) is 4.90 Å². The van der Waals surface area contributed by atoms with E-state index in [-0.39, 0.29) is 28.8 Å². The van der Waals surface area contributed by atoms with Gasteiger partial charge in [-0.25, -0.2) is 8.75 Å². The van der Waals surface area contributed by atoms with Crippen molar-refractivity contribution in [2.75, 3.05) is 39.5 Å². The number of rotatable bonds is 8. The van der Waals surface area contributed by atoms with E-state index in [9.17, 15) is 9.59 Å². The van der Waals surface area contributed by atoms with Crippen molar-refractivity contribution in [2.24, 2.45) is 0 Å². The highest BCUT2D eigenvalue weighted by molar-refractivity contribution is 7.13. The molecule has 0 N–H and O–H groups in total. The summed E-state index contributed by atoms with van der Waals surface area (Å²) in [5, 5.41) is 1.25. The minimum Gasteiger partial charge on any atom is -0.492 e. The average molecular weight is 525 g/mol. The molecule has 0 atom stereocenters. The van der Waals surface area contributed by atoms with Gasteiger partial charge in [-0.2, -0.15) is 0 Å². The van der Waals surface area contributed by atoms with Crippen LogP contribution in [0.1, 0.15) is 35.7 Å². The third kappa shape index (κ3) is 5.75. The number of esters is 1. The number of carbonyl (C=O) groups is 1. The van der Waals surface area contributed by atoms with Crippen molar-refractivity contribution in [2.45, 2.75) is 26.5 Å². The van der Waals surface area contributed by atoms with E-state index in [1.165, 1.54) is 27.6 Å². The largest absolute Gasteiger partial charge is 0.492 e. The zero-order valence-corrected chi connectivity index (χ0v) is 21.3. The highest BCUT2D eigenvalue weighted by atomic mass is 35.5. The van der Waals surface area contributed by atoms with E-state index >= 15 is 0 Å². The van der Waals surface area contributed by atoms with Gasteiger partial charge in [0.1, 0.15) is 12.4 Å². The molecule has 0 amide bonds. The molecule has 1 saturated heterocycles. The molecule has 1 aliphatic rings. The van der Waals surface area contributed by atoms with E-state index in [0.717, 1.165) is 48.9 Å². The molecule has 0 saturated carbocycles. The average Bonchev–Trinajstić information content (AvgIpc) is 3.13. The van der Waals surface area contributed by atoms with Crippen molar-refractivity contribution >= 4 is 50.8 Å². The van der Waals surface area contributed by atoms with Gasteiger partial charge in [-0.15, -0.1) is 0 Å². The number of aromatic nitrogens is 1. The van der Waals surface area contributed by atoms with Gasteiger partial charge in [-0.3, -0.25) is 9.69 Å². The Morgan fingerprint density at radius 3 is 2.65 bits per heavy atom. The van der Waals surface area contributed by atoms with Crippen LogP contribution in [0.25, 0.3) is 10.1 Å². The van der Waals surface area contributed by atoms with E-state index in [1.807, 2.05) is 26.0 Å². The molecule has 2 aromatic carbocycles. The Morgan fingerprint density at radius 2 is 1.94 bits per heavy atom. The second-order valence-electron chi connectivity index (χ2n) is 8.30. The molecule has 1 fully saturated rings. The zero-order chi connectivity index (χ0) is 24.2. The lowest BCUT2D eigenvalue weighted by Crippen LogP contribution is -2.38. The third-order valence-corrected chi connectivity index (χ3v) is 7.18. The van der Waals surface area contributed by atoms with Gasteiger partial charge in [0.05, 0.1) is 33.9 Å². The van der Waals surface area contributed by atoms with Crippen LogP contribution in [0.4, 0.5) is 0 Å². The van der Waals surface area contributed by atoms with Crippen molar-refractivity contribution < 1.29 is 19.0 Å².